The van der Waals surface area contributed by atoms with E-state index in [0.29, 0.717) is 5.56 Å². The van der Waals surface area contributed by atoms with Crippen molar-refractivity contribution in [1.82, 2.24) is 5.32 Å². The fourth-order valence-corrected chi connectivity index (χ4v) is 2.47. The predicted molar refractivity (Wildman–Crippen MR) is 82.4 cm³/mol. The molecule has 0 fully saturated rings. The Bertz CT molecular complexity index is 623. The predicted octanol–water partition coefficient (Wildman–Crippen LogP) is 4.67. The Labute approximate surface area is 125 Å². The molecule has 3 heteroatoms. The van der Waals surface area contributed by atoms with Gasteiger partial charge in [-0.05, 0) is 67.3 Å². The van der Waals surface area contributed by atoms with Crippen LogP contribution in [0.15, 0.2) is 36.4 Å². The van der Waals surface area contributed by atoms with Crippen molar-refractivity contribution >= 4 is 0 Å². The first kappa shape index (κ1) is 15.6. The van der Waals surface area contributed by atoms with Crippen LogP contribution in [0.3, 0.4) is 0 Å². The number of rotatable bonds is 5. The SMILES string of the molecule is CCCNC(c1ccc(F)c(C)c1)c1cc(F)ccc1C. The zero-order chi connectivity index (χ0) is 15.4. The summed E-state index contributed by atoms with van der Waals surface area (Å²) in [5.74, 6) is -0.471. The molecule has 0 aliphatic rings. The van der Waals surface area contributed by atoms with Gasteiger partial charge in [0.05, 0.1) is 6.04 Å². The monoisotopic (exact) mass is 289 g/mol. The fourth-order valence-electron chi connectivity index (χ4n) is 2.47. The normalized spacial score (nSPS) is 12.4. The van der Waals surface area contributed by atoms with Gasteiger partial charge in [-0.25, -0.2) is 8.78 Å². The highest BCUT2D eigenvalue weighted by molar-refractivity contribution is 5.38. The summed E-state index contributed by atoms with van der Waals surface area (Å²) in [4.78, 5) is 0. The number of hydrogen-bond donors (Lipinski definition) is 1. The van der Waals surface area contributed by atoms with E-state index < -0.39 is 0 Å². The molecule has 1 atom stereocenters. The van der Waals surface area contributed by atoms with Crippen LogP contribution in [0.4, 0.5) is 8.78 Å². The molecule has 2 aromatic carbocycles. The molecular weight excluding hydrogens is 268 g/mol. The molecule has 0 saturated heterocycles. The van der Waals surface area contributed by atoms with Crippen LogP contribution >= 0.6 is 0 Å². The summed E-state index contributed by atoms with van der Waals surface area (Å²) >= 11 is 0. The maximum Gasteiger partial charge on any atom is 0.126 e. The molecule has 0 aromatic heterocycles. The quantitative estimate of drug-likeness (QED) is 0.843. The molecule has 2 rings (SSSR count). The first-order valence-electron chi connectivity index (χ1n) is 7.28. The van der Waals surface area contributed by atoms with Crippen LogP contribution in [0.2, 0.25) is 0 Å². The lowest BCUT2D eigenvalue weighted by atomic mass is 9.93. The summed E-state index contributed by atoms with van der Waals surface area (Å²) in [5.41, 5.74) is 3.47. The van der Waals surface area contributed by atoms with E-state index in [9.17, 15) is 8.78 Å². The zero-order valence-electron chi connectivity index (χ0n) is 12.7. The summed E-state index contributed by atoms with van der Waals surface area (Å²) < 4.78 is 27.1. The largest absolute Gasteiger partial charge is 0.306 e. The van der Waals surface area contributed by atoms with Crippen LogP contribution in [0.25, 0.3) is 0 Å². The minimum atomic E-state index is -0.252. The van der Waals surface area contributed by atoms with Gasteiger partial charge in [-0.3, -0.25) is 0 Å². The minimum Gasteiger partial charge on any atom is -0.306 e. The van der Waals surface area contributed by atoms with Crippen molar-refractivity contribution in [2.75, 3.05) is 6.54 Å². The van der Waals surface area contributed by atoms with E-state index in [4.69, 9.17) is 0 Å². The molecule has 0 amide bonds. The topological polar surface area (TPSA) is 12.0 Å². The molecule has 0 aliphatic carbocycles. The highest BCUT2D eigenvalue weighted by Crippen LogP contribution is 2.27. The Kier molecular flexibility index (Phi) is 5.07. The molecule has 0 bridgehead atoms. The first-order chi connectivity index (χ1) is 10.0. The van der Waals surface area contributed by atoms with Gasteiger partial charge in [0.2, 0.25) is 0 Å². The van der Waals surface area contributed by atoms with Crippen LogP contribution in [0, 0.1) is 25.5 Å². The van der Waals surface area contributed by atoms with E-state index in [0.717, 1.165) is 29.7 Å². The number of nitrogens with one attached hydrogen (secondary N) is 1. The number of halogens is 2. The van der Waals surface area contributed by atoms with Gasteiger partial charge in [0.25, 0.3) is 0 Å². The van der Waals surface area contributed by atoms with E-state index in [-0.39, 0.29) is 17.7 Å². The Morgan fingerprint density at radius 2 is 1.76 bits per heavy atom. The Balaban J connectivity index is 2.46. The highest BCUT2D eigenvalue weighted by atomic mass is 19.1. The third-order valence-corrected chi connectivity index (χ3v) is 3.67. The second kappa shape index (κ2) is 6.81. The molecule has 1 unspecified atom stereocenters. The van der Waals surface area contributed by atoms with Gasteiger partial charge in [-0.1, -0.05) is 25.1 Å². The van der Waals surface area contributed by atoms with Crippen molar-refractivity contribution in [3.8, 4) is 0 Å². The molecule has 0 saturated carbocycles. The third kappa shape index (κ3) is 3.67. The molecule has 1 N–H and O–H groups in total. The summed E-state index contributed by atoms with van der Waals surface area (Å²) in [6.45, 7) is 6.61. The molecule has 21 heavy (non-hydrogen) atoms. The van der Waals surface area contributed by atoms with E-state index in [1.54, 1.807) is 25.1 Å². The second-order valence-electron chi connectivity index (χ2n) is 5.40. The van der Waals surface area contributed by atoms with Gasteiger partial charge < -0.3 is 5.32 Å². The van der Waals surface area contributed by atoms with E-state index in [1.165, 1.54) is 12.1 Å². The molecule has 1 nitrogen and oxygen atoms in total. The molecule has 2 aromatic rings. The number of aryl methyl sites for hydroxylation is 2. The van der Waals surface area contributed by atoms with Crippen molar-refractivity contribution in [1.29, 1.82) is 0 Å². The van der Waals surface area contributed by atoms with Gasteiger partial charge >= 0.3 is 0 Å². The molecule has 0 spiro atoms. The molecule has 0 radical (unpaired) electrons. The number of benzene rings is 2. The Morgan fingerprint density at radius 1 is 1.00 bits per heavy atom. The Hall–Kier alpha value is -1.74. The maximum atomic E-state index is 13.6. The first-order valence-corrected chi connectivity index (χ1v) is 7.28. The van der Waals surface area contributed by atoms with E-state index in [1.807, 2.05) is 13.0 Å². The summed E-state index contributed by atoms with van der Waals surface area (Å²) in [6.07, 6.45) is 0.977. The molecule has 0 heterocycles. The van der Waals surface area contributed by atoms with E-state index >= 15 is 0 Å². The van der Waals surface area contributed by atoms with E-state index in [2.05, 4.69) is 12.2 Å². The average Bonchev–Trinajstić information content (AvgIpc) is 2.46. The Morgan fingerprint density at radius 3 is 2.43 bits per heavy atom. The van der Waals surface area contributed by atoms with Crippen LogP contribution < -0.4 is 5.32 Å². The number of hydrogen-bond acceptors (Lipinski definition) is 1. The molecular formula is C18H21F2N. The lowest BCUT2D eigenvalue weighted by molar-refractivity contribution is 0.578. The summed E-state index contributed by atoms with van der Waals surface area (Å²) in [5, 5.41) is 3.43. The minimum absolute atomic E-state index is 0.125. The second-order valence-corrected chi connectivity index (χ2v) is 5.40. The lowest BCUT2D eigenvalue weighted by Crippen LogP contribution is -2.24. The van der Waals surface area contributed by atoms with Crippen molar-refractivity contribution in [3.63, 3.8) is 0 Å². The van der Waals surface area contributed by atoms with Crippen molar-refractivity contribution in [2.24, 2.45) is 0 Å². The summed E-state index contributed by atoms with van der Waals surface area (Å²) in [6, 6.07) is 9.74. The van der Waals surface area contributed by atoms with Crippen LogP contribution in [-0.2, 0) is 0 Å². The van der Waals surface area contributed by atoms with Crippen molar-refractivity contribution in [2.45, 2.75) is 33.2 Å². The van der Waals surface area contributed by atoms with Crippen molar-refractivity contribution in [3.05, 3.63) is 70.3 Å². The van der Waals surface area contributed by atoms with Gasteiger partial charge in [0.1, 0.15) is 11.6 Å². The molecule has 0 aliphatic heterocycles. The standard InChI is InChI=1S/C18H21F2N/c1-4-9-21-18(14-6-8-17(20)13(3)10-14)16-11-15(19)7-5-12(16)2/h5-8,10-11,18,21H,4,9H2,1-3H3. The smallest absolute Gasteiger partial charge is 0.126 e. The average molecular weight is 289 g/mol. The highest BCUT2D eigenvalue weighted by Gasteiger charge is 2.17. The van der Waals surface area contributed by atoms with Gasteiger partial charge in [0, 0.05) is 0 Å². The van der Waals surface area contributed by atoms with Gasteiger partial charge in [-0.15, -0.1) is 0 Å². The van der Waals surface area contributed by atoms with Crippen LogP contribution in [0.1, 0.15) is 41.6 Å². The van der Waals surface area contributed by atoms with Gasteiger partial charge in [-0.2, -0.15) is 0 Å². The zero-order valence-corrected chi connectivity index (χ0v) is 12.7. The molecule has 112 valence electrons. The fraction of sp³-hybridized carbons (Fsp3) is 0.333. The van der Waals surface area contributed by atoms with Crippen molar-refractivity contribution < 1.29 is 8.78 Å². The lowest BCUT2D eigenvalue weighted by Gasteiger charge is -2.22. The maximum absolute atomic E-state index is 13.6. The van der Waals surface area contributed by atoms with Gasteiger partial charge in [0.15, 0.2) is 0 Å². The van der Waals surface area contributed by atoms with Crippen LogP contribution in [0.5, 0.6) is 0 Å². The summed E-state index contributed by atoms with van der Waals surface area (Å²) in [7, 11) is 0. The van der Waals surface area contributed by atoms with Crippen LogP contribution in [-0.4, -0.2) is 6.54 Å². The third-order valence-electron chi connectivity index (χ3n) is 3.67.